The minimum absolute atomic E-state index is 0.508. The van der Waals surface area contributed by atoms with Crippen molar-refractivity contribution in [2.75, 3.05) is 24.7 Å². The molecule has 1 aliphatic heterocycles. The molecule has 0 amide bonds. The molecule has 1 saturated heterocycles. The number of hydrogen-bond acceptors (Lipinski definition) is 3. The van der Waals surface area contributed by atoms with Gasteiger partial charge in [0.2, 0.25) is 0 Å². The van der Waals surface area contributed by atoms with E-state index in [2.05, 4.69) is 21.2 Å². The average Bonchev–Trinajstić information content (AvgIpc) is 2.37. The van der Waals surface area contributed by atoms with Gasteiger partial charge in [-0.1, -0.05) is 22.0 Å². The zero-order valence-electron chi connectivity index (χ0n) is 10.2. The summed E-state index contributed by atoms with van der Waals surface area (Å²) in [5, 5.41) is 3.46. The Balaban J connectivity index is 1.63. The summed E-state index contributed by atoms with van der Waals surface area (Å²) in [7, 11) is -0.577. The molecule has 0 aliphatic carbocycles. The van der Waals surface area contributed by atoms with E-state index in [-0.39, 0.29) is 0 Å². The van der Waals surface area contributed by atoms with E-state index in [9.17, 15) is 4.21 Å². The Morgan fingerprint density at radius 2 is 2.17 bits per heavy atom. The van der Waals surface area contributed by atoms with E-state index in [1.807, 2.05) is 24.3 Å². The first kappa shape index (κ1) is 14.0. The van der Waals surface area contributed by atoms with E-state index in [1.54, 1.807) is 0 Å². The summed E-state index contributed by atoms with van der Waals surface area (Å²) < 4.78 is 17.9. The fourth-order valence-corrected chi connectivity index (χ4v) is 3.66. The van der Waals surface area contributed by atoms with Crippen LogP contribution < -0.4 is 10.1 Å². The van der Waals surface area contributed by atoms with Crippen molar-refractivity contribution >= 4 is 26.7 Å². The van der Waals surface area contributed by atoms with Crippen molar-refractivity contribution in [1.82, 2.24) is 5.32 Å². The Morgan fingerprint density at radius 3 is 2.89 bits per heavy atom. The van der Waals surface area contributed by atoms with Crippen molar-refractivity contribution in [2.24, 2.45) is 0 Å². The molecule has 1 aromatic carbocycles. The lowest BCUT2D eigenvalue weighted by molar-refractivity contribution is 0.302. The van der Waals surface area contributed by atoms with Crippen LogP contribution >= 0.6 is 15.9 Å². The average molecular weight is 332 g/mol. The lowest BCUT2D eigenvalue weighted by Gasteiger charge is -2.22. The van der Waals surface area contributed by atoms with Crippen molar-refractivity contribution in [1.29, 1.82) is 0 Å². The zero-order valence-corrected chi connectivity index (χ0v) is 12.6. The highest BCUT2D eigenvalue weighted by molar-refractivity contribution is 9.10. The molecule has 1 N–H and O–H groups in total. The number of benzene rings is 1. The topological polar surface area (TPSA) is 38.3 Å². The van der Waals surface area contributed by atoms with E-state index >= 15 is 0 Å². The number of nitrogens with one attached hydrogen (secondary N) is 1. The summed E-state index contributed by atoms with van der Waals surface area (Å²) >= 11 is 3.41. The summed E-state index contributed by atoms with van der Waals surface area (Å²) in [6.07, 6.45) is 2.03. The highest BCUT2D eigenvalue weighted by atomic mass is 79.9. The van der Waals surface area contributed by atoms with Crippen LogP contribution in [0.3, 0.4) is 0 Å². The van der Waals surface area contributed by atoms with Crippen LogP contribution in [-0.4, -0.2) is 34.9 Å². The lowest BCUT2D eigenvalue weighted by Crippen LogP contribution is -2.37. The van der Waals surface area contributed by atoms with Gasteiger partial charge in [0.05, 0.1) is 0 Å². The van der Waals surface area contributed by atoms with Crippen molar-refractivity contribution in [2.45, 2.75) is 18.9 Å². The van der Waals surface area contributed by atoms with E-state index in [0.717, 1.165) is 41.1 Å². The van der Waals surface area contributed by atoms with Gasteiger partial charge in [-0.25, -0.2) is 0 Å². The molecule has 1 fully saturated rings. The van der Waals surface area contributed by atoms with Crippen LogP contribution in [0.5, 0.6) is 5.75 Å². The van der Waals surface area contributed by atoms with E-state index < -0.39 is 10.8 Å². The molecule has 0 atom stereocenters. The summed E-state index contributed by atoms with van der Waals surface area (Å²) in [5.41, 5.74) is 0. The fraction of sp³-hybridized carbons (Fsp3) is 0.538. The standard InChI is InChI=1S/C13H18BrNO2S/c14-11-2-1-3-13(10-11)17-7-6-15-12-4-8-18(16)9-5-12/h1-3,10,12,15H,4-9H2. The van der Waals surface area contributed by atoms with Crippen LogP contribution in [0, 0.1) is 0 Å². The summed E-state index contributed by atoms with van der Waals surface area (Å²) in [4.78, 5) is 0. The molecule has 0 aromatic heterocycles. The van der Waals surface area contributed by atoms with Crippen LogP contribution in [0.4, 0.5) is 0 Å². The molecule has 2 rings (SSSR count). The third kappa shape index (κ3) is 4.71. The van der Waals surface area contributed by atoms with Gasteiger partial charge in [-0.05, 0) is 31.0 Å². The lowest BCUT2D eigenvalue weighted by atomic mass is 10.1. The summed E-state index contributed by atoms with van der Waals surface area (Å²) in [6.45, 7) is 1.50. The largest absolute Gasteiger partial charge is 0.492 e. The molecule has 3 nitrogen and oxygen atoms in total. The maximum atomic E-state index is 11.2. The van der Waals surface area contributed by atoms with E-state index in [0.29, 0.717) is 12.6 Å². The van der Waals surface area contributed by atoms with Gasteiger partial charge in [0.15, 0.2) is 0 Å². The molecular formula is C13H18BrNO2S. The first-order chi connectivity index (χ1) is 8.74. The van der Waals surface area contributed by atoms with Crippen LogP contribution in [0.2, 0.25) is 0 Å². The smallest absolute Gasteiger partial charge is 0.120 e. The zero-order chi connectivity index (χ0) is 12.8. The number of ether oxygens (including phenoxy) is 1. The Bertz CT molecular complexity index is 404. The minimum atomic E-state index is -0.577. The first-order valence-corrected chi connectivity index (χ1v) is 8.49. The number of rotatable bonds is 5. The molecule has 1 aliphatic rings. The minimum Gasteiger partial charge on any atom is -0.492 e. The summed E-state index contributed by atoms with van der Waals surface area (Å²) in [6, 6.07) is 8.36. The molecule has 1 aromatic rings. The normalized spacial score (nSPS) is 23.8. The Hall–Kier alpha value is -0.390. The predicted molar refractivity (Wildman–Crippen MR) is 78.5 cm³/mol. The maximum absolute atomic E-state index is 11.2. The molecule has 18 heavy (non-hydrogen) atoms. The Morgan fingerprint density at radius 1 is 1.39 bits per heavy atom. The SMILES string of the molecule is O=S1CCC(NCCOc2cccc(Br)c2)CC1. The van der Waals surface area contributed by atoms with Crippen molar-refractivity contribution in [3.8, 4) is 5.75 Å². The van der Waals surface area contributed by atoms with Crippen LogP contribution in [0.25, 0.3) is 0 Å². The quantitative estimate of drug-likeness (QED) is 0.841. The van der Waals surface area contributed by atoms with Gasteiger partial charge in [0.1, 0.15) is 12.4 Å². The van der Waals surface area contributed by atoms with Crippen LogP contribution in [0.1, 0.15) is 12.8 Å². The fourth-order valence-electron chi connectivity index (χ4n) is 1.99. The second kappa shape index (κ2) is 7.26. The van der Waals surface area contributed by atoms with Gasteiger partial charge < -0.3 is 10.1 Å². The van der Waals surface area contributed by atoms with Crippen LogP contribution in [0.15, 0.2) is 28.7 Å². The van der Waals surface area contributed by atoms with Gasteiger partial charge >= 0.3 is 0 Å². The van der Waals surface area contributed by atoms with E-state index in [4.69, 9.17) is 4.74 Å². The molecule has 0 bridgehead atoms. The predicted octanol–water partition coefficient (Wildman–Crippen LogP) is 2.33. The van der Waals surface area contributed by atoms with Gasteiger partial charge in [-0.2, -0.15) is 0 Å². The molecule has 5 heteroatoms. The molecular weight excluding hydrogens is 314 g/mol. The number of halogens is 1. The highest BCUT2D eigenvalue weighted by Gasteiger charge is 2.16. The second-order valence-corrected chi connectivity index (χ2v) is 6.99. The third-order valence-electron chi connectivity index (χ3n) is 2.99. The van der Waals surface area contributed by atoms with Crippen molar-refractivity contribution < 1.29 is 8.95 Å². The molecule has 0 unspecified atom stereocenters. The first-order valence-electron chi connectivity index (χ1n) is 6.21. The van der Waals surface area contributed by atoms with Crippen LogP contribution in [-0.2, 0) is 10.8 Å². The maximum Gasteiger partial charge on any atom is 0.120 e. The molecule has 0 spiro atoms. The van der Waals surface area contributed by atoms with Crippen molar-refractivity contribution in [3.63, 3.8) is 0 Å². The highest BCUT2D eigenvalue weighted by Crippen LogP contribution is 2.17. The molecule has 100 valence electrons. The Labute approximate surface area is 119 Å². The van der Waals surface area contributed by atoms with E-state index in [1.165, 1.54) is 0 Å². The third-order valence-corrected chi connectivity index (χ3v) is 4.86. The second-order valence-electron chi connectivity index (χ2n) is 4.38. The molecule has 1 heterocycles. The molecule has 0 radical (unpaired) electrons. The van der Waals surface area contributed by atoms with Gasteiger partial charge in [0.25, 0.3) is 0 Å². The summed E-state index contributed by atoms with van der Waals surface area (Å²) in [5.74, 6) is 2.56. The molecule has 0 saturated carbocycles. The van der Waals surface area contributed by atoms with Crippen molar-refractivity contribution in [3.05, 3.63) is 28.7 Å². The number of hydrogen-bond donors (Lipinski definition) is 1. The van der Waals surface area contributed by atoms with Gasteiger partial charge in [-0.3, -0.25) is 4.21 Å². The monoisotopic (exact) mass is 331 g/mol. The van der Waals surface area contributed by atoms with Gasteiger partial charge in [-0.15, -0.1) is 0 Å². The Kier molecular flexibility index (Phi) is 5.66. The van der Waals surface area contributed by atoms with Gasteiger partial charge in [0, 0.05) is 39.4 Å².